The van der Waals surface area contributed by atoms with E-state index < -0.39 is 0 Å². The largest absolute Gasteiger partial charge is 0.447 e. The summed E-state index contributed by atoms with van der Waals surface area (Å²) in [7, 11) is 1.63. The van der Waals surface area contributed by atoms with Gasteiger partial charge in [-0.25, -0.2) is 4.79 Å². The van der Waals surface area contributed by atoms with Crippen molar-refractivity contribution in [2.75, 3.05) is 46.9 Å². The molecule has 1 heterocycles. The van der Waals surface area contributed by atoms with Gasteiger partial charge in [0.15, 0.2) is 0 Å². The Morgan fingerprint density at radius 3 is 2.73 bits per heavy atom. The van der Waals surface area contributed by atoms with Crippen LogP contribution in [-0.4, -0.2) is 57.9 Å². The van der Waals surface area contributed by atoms with Crippen molar-refractivity contribution >= 4 is 6.09 Å². The van der Waals surface area contributed by atoms with E-state index in [1.165, 1.54) is 5.57 Å². The molecule has 6 heteroatoms. The molecule has 6 nitrogen and oxygen atoms in total. The van der Waals surface area contributed by atoms with Crippen molar-refractivity contribution in [1.82, 2.24) is 4.90 Å². The molecule has 0 aromatic heterocycles. The standard InChI is InChI=1S/C16H27NO5/c1-4-6-15(17-8-10-22-16(17)18)14(5-2)7-9-20-13-21-12-11-19-3/h4H,1,5-13H2,2-3H3/b15-14-. The molecule has 1 amide bonds. The zero-order valence-corrected chi connectivity index (χ0v) is 13.6. The average Bonchev–Trinajstić information content (AvgIpc) is 2.94. The fourth-order valence-electron chi connectivity index (χ4n) is 2.26. The summed E-state index contributed by atoms with van der Waals surface area (Å²) < 4.78 is 20.6. The molecule has 0 saturated carbocycles. The van der Waals surface area contributed by atoms with Crippen molar-refractivity contribution in [2.24, 2.45) is 0 Å². The maximum absolute atomic E-state index is 11.8. The van der Waals surface area contributed by atoms with E-state index in [2.05, 4.69) is 13.5 Å². The molecule has 0 bridgehead atoms. The highest BCUT2D eigenvalue weighted by Gasteiger charge is 2.26. The predicted molar refractivity (Wildman–Crippen MR) is 83.4 cm³/mol. The van der Waals surface area contributed by atoms with Crippen molar-refractivity contribution in [3.05, 3.63) is 23.9 Å². The van der Waals surface area contributed by atoms with Crippen LogP contribution >= 0.6 is 0 Å². The highest BCUT2D eigenvalue weighted by atomic mass is 16.7. The maximum atomic E-state index is 11.8. The van der Waals surface area contributed by atoms with E-state index in [4.69, 9.17) is 18.9 Å². The number of carbonyl (C=O) groups excluding carboxylic acids is 1. The summed E-state index contributed by atoms with van der Waals surface area (Å²) >= 11 is 0. The molecule has 0 radical (unpaired) electrons. The van der Waals surface area contributed by atoms with Crippen LogP contribution in [0.2, 0.25) is 0 Å². The number of nitrogens with zero attached hydrogens (tertiary/aromatic N) is 1. The molecule has 1 aliphatic rings. The number of hydrogen-bond acceptors (Lipinski definition) is 5. The Morgan fingerprint density at radius 2 is 2.14 bits per heavy atom. The van der Waals surface area contributed by atoms with Gasteiger partial charge < -0.3 is 18.9 Å². The van der Waals surface area contributed by atoms with E-state index in [9.17, 15) is 4.79 Å². The Labute approximate surface area is 132 Å². The Morgan fingerprint density at radius 1 is 1.36 bits per heavy atom. The topological polar surface area (TPSA) is 57.2 Å². The molecule has 126 valence electrons. The van der Waals surface area contributed by atoms with Gasteiger partial charge in [-0.1, -0.05) is 13.0 Å². The van der Waals surface area contributed by atoms with Gasteiger partial charge in [0.1, 0.15) is 13.4 Å². The molecule has 0 N–H and O–H groups in total. The number of carbonyl (C=O) groups is 1. The van der Waals surface area contributed by atoms with Gasteiger partial charge >= 0.3 is 6.09 Å². The molecular weight excluding hydrogens is 286 g/mol. The van der Waals surface area contributed by atoms with Gasteiger partial charge in [0, 0.05) is 19.2 Å². The number of ether oxygens (including phenoxy) is 4. The van der Waals surface area contributed by atoms with E-state index in [1.807, 2.05) is 6.08 Å². The molecular formula is C16H27NO5. The number of cyclic esters (lactones) is 1. The maximum Gasteiger partial charge on any atom is 0.414 e. The third kappa shape index (κ3) is 6.17. The number of rotatable bonds is 12. The molecule has 0 aromatic carbocycles. The Balaban J connectivity index is 2.49. The van der Waals surface area contributed by atoms with Crippen molar-refractivity contribution < 1.29 is 23.7 Å². The lowest BCUT2D eigenvalue weighted by molar-refractivity contribution is -0.0648. The first kappa shape index (κ1) is 18.7. The molecule has 0 unspecified atom stereocenters. The minimum atomic E-state index is -0.272. The monoisotopic (exact) mass is 313 g/mol. The second kappa shape index (κ2) is 11.2. The quantitative estimate of drug-likeness (QED) is 0.315. The smallest absolute Gasteiger partial charge is 0.414 e. The van der Waals surface area contributed by atoms with Crippen molar-refractivity contribution in [3.63, 3.8) is 0 Å². The highest BCUT2D eigenvalue weighted by Crippen LogP contribution is 2.23. The van der Waals surface area contributed by atoms with Gasteiger partial charge in [-0.05, 0) is 18.4 Å². The van der Waals surface area contributed by atoms with E-state index in [1.54, 1.807) is 12.0 Å². The van der Waals surface area contributed by atoms with Crippen LogP contribution in [0.4, 0.5) is 4.79 Å². The van der Waals surface area contributed by atoms with Gasteiger partial charge in [-0.3, -0.25) is 4.90 Å². The molecule has 0 aromatic rings. The SMILES string of the molecule is C=CC/C(=C(\CC)CCOCOCCOC)N1CCOC1=O. The van der Waals surface area contributed by atoms with Gasteiger partial charge in [-0.2, -0.15) is 0 Å². The highest BCUT2D eigenvalue weighted by molar-refractivity contribution is 5.72. The summed E-state index contributed by atoms with van der Waals surface area (Å²) in [6.07, 6.45) is 3.82. The van der Waals surface area contributed by atoms with E-state index in [0.717, 1.165) is 18.5 Å². The number of hydrogen-bond donors (Lipinski definition) is 0. The van der Waals surface area contributed by atoms with Crippen LogP contribution in [0.1, 0.15) is 26.2 Å². The molecule has 0 atom stereocenters. The minimum Gasteiger partial charge on any atom is -0.447 e. The molecule has 1 aliphatic heterocycles. The van der Waals surface area contributed by atoms with Crippen LogP contribution in [0.25, 0.3) is 0 Å². The van der Waals surface area contributed by atoms with E-state index in [-0.39, 0.29) is 12.9 Å². The van der Waals surface area contributed by atoms with Crippen molar-refractivity contribution in [1.29, 1.82) is 0 Å². The molecule has 22 heavy (non-hydrogen) atoms. The second-order valence-electron chi connectivity index (χ2n) is 4.84. The fraction of sp³-hybridized carbons (Fsp3) is 0.688. The van der Waals surface area contributed by atoms with Gasteiger partial charge in [0.05, 0.1) is 26.4 Å². The van der Waals surface area contributed by atoms with Crippen LogP contribution in [0.3, 0.4) is 0 Å². The lowest BCUT2D eigenvalue weighted by atomic mass is 10.0. The molecule has 1 fully saturated rings. The third-order valence-corrected chi connectivity index (χ3v) is 3.41. The first-order chi connectivity index (χ1) is 10.7. The third-order valence-electron chi connectivity index (χ3n) is 3.41. The van der Waals surface area contributed by atoms with Crippen LogP contribution in [-0.2, 0) is 18.9 Å². The lowest BCUT2D eigenvalue weighted by Gasteiger charge is -2.21. The zero-order chi connectivity index (χ0) is 16.2. The summed E-state index contributed by atoms with van der Waals surface area (Å²) in [5.74, 6) is 0. The molecule has 0 spiro atoms. The second-order valence-corrected chi connectivity index (χ2v) is 4.84. The summed E-state index contributed by atoms with van der Waals surface area (Å²) in [5.41, 5.74) is 2.18. The van der Waals surface area contributed by atoms with E-state index >= 15 is 0 Å². The van der Waals surface area contributed by atoms with Crippen LogP contribution in [0.5, 0.6) is 0 Å². The first-order valence-electron chi connectivity index (χ1n) is 7.65. The Bertz CT molecular complexity index is 381. The van der Waals surface area contributed by atoms with Crippen LogP contribution in [0, 0.1) is 0 Å². The molecule has 0 aliphatic carbocycles. The van der Waals surface area contributed by atoms with Gasteiger partial charge in [-0.15, -0.1) is 6.58 Å². The summed E-state index contributed by atoms with van der Waals surface area (Å²) in [6, 6.07) is 0. The number of methoxy groups -OCH3 is 1. The first-order valence-corrected chi connectivity index (χ1v) is 7.65. The number of amides is 1. The Hall–Kier alpha value is -1.37. The summed E-state index contributed by atoms with van der Waals surface area (Å²) in [4.78, 5) is 13.5. The lowest BCUT2D eigenvalue weighted by Crippen LogP contribution is -2.25. The van der Waals surface area contributed by atoms with Gasteiger partial charge in [0.2, 0.25) is 0 Å². The Kier molecular flexibility index (Phi) is 9.54. The molecule has 1 rings (SSSR count). The summed E-state index contributed by atoms with van der Waals surface area (Å²) in [5, 5.41) is 0. The zero-order valence-electron chi connectivity index (χ0n) is 13.6. The van der Waals surface area contributed by atoms with Crippen LogP contribution in [0.15, 0.2) is 23.9 Å². The van der Waals surface area contributed by atoms with Crippen LogP contribution < -0.4 is 0 Å². The normalized spacial score (nSPS) is 15.7. The average molecular weight is 313 g/mol. The summed E-state index contributed by atoms with van der Waals surface area (Å²) in [6.45, 7) is 8.79. The van der Waals surface area contributed by atoms with Gasteiger partial charge in [0.25, 0.3) is 0 Å². The van der Waals surface area contributed by atoms with Crippen molar-refractivity contribution in [2.45, 2.75) is 26.2 Å². The number of allylic oxidation sites excluding steroid dienone is 1. The molecule has 1 saturated heterocycles. The van der Waals surface area contributed by atoms with E-state index in [0.29, 0.717) is 39.4 Å². The fourth-order valence-corrected chi connectivity index (χ4v) is 2.26. The minimum absolute atomic E-state index is 0.253. The predicted octanol–water partition coefficient (Wildman–Crippen LogP) is 2.71. The van der Waals surface area contributed by atoms with Crippen molar-refractivity contribution in [3.8, 4) is 0 Å².